The summed E-state index contributed by atoms with van der Waals surface area (Å²) >= 11 is 5.34. The zero-order valence-electron chi connectivity index (χ0n) is 10.1. The van der Waals surface area contributed by atoms with E-state index in [-0.39, 0.29) is 17.9 Å². The molecule has 0 aliphatic rings. The van der Waals surface area contributed by atoms with E-state index in [1.165, 1.54) is 12.1 Å². The van der Waals surface area contributed by atoms with E-state index < -0.39 is 17.9 Å². The summed E-state index contributed by atoms with van der Waals surface area (Å²) in [5.74, 6) is -0.726. The molecule has 0 unspecified atom stereocenters. The minimum absolute atomic E-state index is 0.0916. The Labute approximate surface area is 113 Å². The van der Waals surface area contributed by atoms with E-state index in [2.05, 4.69) is 4.74 Å². The predicted octanol–water partition coefficient (Wildman–Crippen LogP) is 3.33. The van der Waals surface area contributed by atoms with Gasteiger partial charge in [-0.15, -0.1) is 24.8 Å². The van der Waals surface area contributed by atoms with E-state index in [1.54, 1.807) is 6.92 Å². The van der Waals surface area contributed by atoms with Crippen LogP contribution >= 0.6 is 11.6 Å². The molecule has 0 heterocycles. The lowest BCUT2D eigenvalue weighted by Gasteiger charge is -2.14. The number of Topliss-reactive ketones (excluding diaryl/α,β-unsaturated/α-hetero) is 1. The highest BCUT2D eigenvalue weighted by molar-refractivity contribution is 6.27. The third-order valence-corrected chi connectivity index (χ3v) is 2.40. The molecule has 7 heteroatoms. The van der Waals surface area contributed by atoms with Gasteiger partial charge in [0.1, 0.15) is 11.5 Å². The van der Waals surface area contributed by atoms with Crippen LogP contribution in [-0.2, 0) is 11.2 Å². The van der Waals surface area contributed by atoms with Gasteiger partial charge in [-0.05, 0) is 25.1 Å². The van der Waals surface area contributed by atoms with Crippen molar-refractivity contribution >= 4 is 17.4 Å². The third kappa shape index (κ3) is 5.38. The summed E-state index contributed by atoms with van der Waals surface area (Å²) in [6.07, 6.45) is -5.05. The maximum Gasteiger partial charge on any atom is 0.573 e. The van der Waals surface area contributed by atoms with E-state index in [9.17, 15) is 18.0 Å². The number of rotatable bonds is 6. The van der Waals surface area contributed by atoms with Crippen molar-refractivity contribution in [3.05, 3.63) is 23.8 Å². The average molecular weight is 297 g/mol. The Morgan fingerprint density at radius 2 is 2.05 bits per heavy atom. The van der Waals surface area contributed by atoms with Crippen molar-refractivity contribution in [1.29, 1.82) is 0 Å². The molecule has 1 rings (SSSR count). The molecule has 0 aliphatic heterocycles. The van der Waals surface area contributed by atoms with Crippen molar-refractivity contribution < 1.29 is 27.4 Å². The average Bonchev–Trinajstić information content (AvgIpc) is 2.31. The minimum atomic E-state index is -4.81. The maximum atomic E-state index is 12.2. The molecule has 0 amide bonds. The summed E-state index contributed by atoms with van der Waals surface area (Å²) < 4.78 is 45.7. The van der Waals surface area contributed by atoms with Crippen molar-refractivity contribution in [3.8, 4) is 11.5 Å². The highest BCUT2D eigenvalue weighted by Crippen LogP contribution is 2.30. The van der Waals surface area contributed by atoms with Crippen LogP contribution in [0.15, 0.2) is 18.2 Å². The van der Waals surface area contributed by atoms with Crippen LogP contribution in [0.25, 0.3) is 0 Å². The first-order valence-electron chi connectivity index (χ1n) is 5.45. The van der Waals surface area contributed by atoms with E-state index in [0.29, 0.717) is 12.4 Å². The molecule has 0 N–H and O–H groups in total. The number of hydrogen-bond donors (Lipinski definition) is 0. The zero-order valence-corrected chi connectivity index (χ0v) is 10.8. The lowest BCUT2D eigenvalue weighted by Crippen LogP contribution is -2.19. The van der Waals surface area contributed by atoms with Crippen LogP contribution in [0.4, 0.5) is 13.2 Å². The van der Waals surface area contributed by atoms with Crippen LogP contribution in [0.1, 0.15) is 12.5 Å². The Morgan fingerprint density at radius 3 is 2.58 bits per heavy atom. The second-order valence-electron chi connectivity index (χ2n) is 3.60. The lowest BCUT2D eigenvalue weighted by atomic mass is 10.1. The van der Waals surface area contributed by atoms with Crippen LogP contribution in [0.2, 0.25) is 0 Å². The number of ether oxygens (including phenoxy) is 2. The molecule has 0 spiro atoms. The number of ketones is 1. The summed E-state index contributed by atoms with van der Waals surface area (Å²) in [7, 11) is 0. The van der Waals surface area contributed by atoms with Crippen molar-refractivity contribution in [2.45, 2.75) is 19.7 Å². The molecular formula is C12H12ClF3O3. The van der Waals surface area contributed by atoms with Crippen molar-refractivity contribution in [2.75, 3.05) is 12.5 Å². The number of carbonyl (C=O) groups excluding carboxylic acids is 1. The summed E-state index contributed by atoms with van der Waals surface area (Å²) in [5.41, 5.74) is 0.0916. The molecule has 1 aromatic carbocycles. The molecule has 0 bridgehead atoms. The van der Waals surface area contributed by atoms with Gasteiger partial charge in [0.15, 0.2) is 5.78 Å². The molecule has 3 nitrogen and oxygen atoms in total. The smallest absolute Gasteiger partial charge is 0.494 e. The summed E-state index contributed by atoms with van der Waals surface area (Å²) in [6, 6.07) is 3.81. The Morgan fingerprint density at radius 1 is 1.37 bits per heavy atom. The quantitative estimate of drug-likeness (QED) is 0.755. The molecule has 0 aromatic heterocycles. The number of benzene rings is 1. The van der Waals surface area contributed by atoms with Crippen molar-refractivity contribution in [1.82, 2.24) is 0 Å². The molecule has 0 saturated carbocycles. The predicted molar refractivity (Wildman–Crippen MR) is 63.7 cm³/mol. The normalized spacial score (nSPS) is 11.2. The maximum absolute atomic E-state index is 12.2. The zero-order chi connectivity index (χ0) is 14.5. The molecule has 0 saturated heterocycles. The number of alkyl halides is 4. The van der Waals surface area contributed by atoms with Crippen LogP contribution in [0.3, 0.4) is 0 Å². The molecule has 1 aromatic rings. The standard InChI is InChI=1S/C12H12ClF3O3/c1-2-18-10-3-4-11(19-12(14,15)16)8(6-10)5-9(17)7-13/h3-4,6H,2,5,7H2,1H3. The SMILES string of the molecule is CCOc1ccc(OC(F)(F)F)c(CC(=O)CCl)c1. The highest BCUT2D eigenvalue weighted by atomic mass is 35.5. The van der Waals surface area contributed by atoms with Gasteiger partial charge in [-0.3, -0.25) is 4.79 Å². The van der Waals surface area contributed by atoms with E-state index in [1.807, 2.05) is 0 Å². The Balaban J connectivity index is 3.03. The van der Waals surface area contributed by atoms with Gasteiger partial charge in [-0.1, -0.05) is 0 Å². The molecule has 0 aliphatic carbocycles. The number of carbonyl (C=O) groups is 1. The molecule has 0 atom stereocenters. The van der Waals surface area contributed by atoms with Gasteiger partial charge in [0.2, 0.25) is 0 Å². The van der Waals surface area contributed by atoms with Crippen LogP contribution in [-0.4, -0.2) is 24.6 Å². The molecule has 106 valence electrons. The Bertz CT molecular complexity index is 446. The van der Waals surface area contributed by atoms with E-state index >= 15 is 0 Å². The van der Waals surface area contributed by atoms with Crippen LogP contribution in [0.5, 0.6) is 11.5 Å². The largest absolute Gasteiger partial charge is 0.573 e. The fourth-order valence-corrected chi connectivity index (χ4v) is 1.53. The highest BCUT2D eigenvalue weighted by Gasteiger charge is 2.32. The van der Waals surface area contributed by atoms with Crippen LogP contribution < -0.4 is 9.47 Å². The molecule has 0 fully saturated rings. The first kappa shape index (κ1) is 15.6. The molecule has 0 radical (unpaired) electrons. The summed E-state index contributed by atoms with van der Waals surface area (Å²) in [5, 5.41) is 0. The summed E-state index contributed by atoms with van der Waals surface area (Å²) in [4.78, 5) is 11.3. The van der Waals surface area contributed by atoms with Crippen LogP contribution in [0, 0.1) is 0 Å². The lowest BCUT2D eigenvalue weighted by molar-refractivity contribution is -0.274. The van der Waals surface area contributed by atoms with Gasteiger partial charge in [0, 0.05) is 12.0 Å². The second kappa shape index (κ2) is 6.65. The number of halogens is 4. The van der Waals surface area contributed by atoms with Gasteiger partial charge in [0.05, 0.1) is 12.5 Å². The van der Waals surface area contributed by atoms with E-state index in [4.69, 9.17) is 16.3 Å². The third-order valence-electron chi connectivity index (χ3n) is 2.11. The fraction of sp³-hybridized carbons (Fsp3) is 0.417. The van der Waals surface area contributed by atoms with Crippen molar-refractivity contribution in [3.63, 3.8) is 0 Å². The second-order valence-corrected chi connectivity index (χ2v) is 3.87. The molecular weight excluding hydrogens is 285 g/mol. The topological polar surface area (TPSA) is 35.5 Å². The monoisotopic (exact) mass is 296 g/mol. The first-order valence-corrected chi connectivity index (χ1v) is 5.98. The molecule has 19 heavy (non-hydrogen) atoms. The summed E-state index contributed by atoms with van der Waals surface area (Å²) in [6.45, 7) is 2.10. The Kier molecular flexibility index (Phi) is 5.47. The minimum Gasteiger partial charge on any atom is -0.494 e. The van der Waals surface area contributed by atoms with Crippen molar-refractivity contribution in [2.24, 2.45) is 0 Å². The van der Waals surface area contributed by atoms with Gasteiger partial charge >= 0.3 is 6.36 Å². The fourth-order valence-electron chi connectivity index (χ4n) is 1.43. The Hall–Kier alpha value is -1.43. The number of hydrogen-bond acceptors (Lipinski definition) is 3. The van der Waals surface area contributed by atoms with E-state index in [0.717, 1.165) is 6.07 Å². The van der Waals surface area contributed by atoms with Gasteiger partial charge in [-0.25, -0.2) is 0 Å². The van der Waals surface area contributed by atoms with Gasteiger partial charge in [-0.2, -0.15) is 0 Å². The van der Waals surface area contributed by atoms with Gasteiger partial charge in [0.25, 0.3) is 0 Å². The first-order chi connectivity index (χ1) is 8.85. The van der Waals surface area contributed by atoms with Gasteiger partial charge < -0.3 is 9.47 Å².